The fourth-order valence-electron chi connectivity index (χ4n) is 3.79. The molecule has 2 nitrogen and oxygen atoms in total. The fraction of sp³-hybridized carbons (Fsp3) is 0.333. The highest BCUT2D eigenvalue weighted by atomic mass is 32.1. The number of hydrogen-bond acceptors (Lipinski definition) is 3. The monoisotopic (exact) mass is 396 g/mol. The van der Waals surface area contributed by atoms with Gasteiger partial charge >= 0.3 is 0 Å². The summed E-state index contributed by atoms with van der Waals surface area (Å²) >= 11 is 1.75. The van der Waals surface area contributed by atoms with Gasteiger partial charge in [0.2, 0.25) is 0 Å². The van der Waals surface area contributed by atoms with Gasteiger partial charge in [0.15, 0.2) is 0 Å². The van der Waals surface area contributed by atoms with E-state index in [0.29, 0.717) is 0 Å². The maximum atomic E-state index is 13.2. The minimum atomic E-state index is -0.207. The number of aliphatic hydroxyl groups is 1. The van der Waals surface area contributed by atoms with E-state index in [0.717, 1.165) is 36.1 Å². The lowest BCUT2D eigenvalue weighted by Gasteiger charge is -2.29. The van der Waals surface area contributed by atoms with Crippen LogP contribution in [0, 0.1) is 12.7 Å². The molecule has 2 atom stereocenters. The molecule has 1 saturated heterocycles. The van der Waals surface area contributed by atoms with Gasteiger partial charge in [-0.2, -0.15) is 0 Å². The minimum Gasteiger partial charge on any atom is -0.394 e. The molecule has 4 rings (SSSR count). The molecule has 1 fully saturated rings. The zero-order valence-corrected chi connectivity index (χ0v) is 16.8. The molecule has 2 heterocycles. The van der Waals surface area contributed by atoms with Gasteiger partial charge in [0.25, 0.3) is 0 Å². The molecule has 0 aliphatic carbocycles. The molecule has 1 aliphatic heterocycles. The molecule has 0 radical (unpaired) electrons. The summed E-state index contributed by atoms with van der Waals surface area (Å²) in [6, 6.07) is 17.5. The maximum Gasteiger partial charge on any atom is 0.123 e. The molecule has 146 valence electrons. The van der Waals surface area contributed by atoms with Crippen molar-refractivity contribution in [1.29, 1.82) is 0 Å². The topological polar surface area (TPSA) is 29.5 Å². The first-order valence-corrected chi connectivity index (χ1v) is 10.6. The van der Waals surface area contributed by atoms with Gasteiger partial charge in [0.1, 0.15) is 5.82 Å². The Morgan fingerprint density at radius 2 is 1.89 bits per heavy atom. The number of benzene rings is 2. The van der Waals surface area contributed by atoms with E-state index >= 15 is 0 Å². The molecular weight excluding hydrogens is 371 g/mol. The van der Waals surface area contributed by atoms with E-state index < -0.39 is 0 Å². The lowest BCUT2D eigenvalue weighted by Crippen LogP contribution is -2.25. The average molecular weight is 397 g/mol. The summed E-state index contributed by atoms with van der Waals surface area (Å²) in [4.78, 5) is 2.45. The van der Waals surface area contributed by atoms with Crippen molar-refractivity contribution in [3.05, 3.63) is 82.0 Å². The van der Waals surface area contributed by atoms with Gasteiger partial charge < -0.3 is 9.84 Å². The van der Waals surface area contributed by atoms with Gasteiger partial charge in [-0.15, -0.1) is 11.3 Å². The molecule has 28 heavy (non-hydrogen) atoms. The van der Waals surface area contributed by atoms with E-state index in [1.807, 2.05) is 12.1 Å². The highest BCUT2D eigenvalue weighted by Gasteiger charge is 2.23. The van der Waals surface area contributed by atoms with Crippen LogP contribution in [0.15, 0.2) is 54.6 Å². The molecule has 4 heteroatoms. The van der Waals surface area contributed by atoms with Gasteiger partial charge in [-0.25, -0.2) is 4.39 Å². The van der Waals surface area contributed by atoms with Crippen LogP contribution in [0.4, 0.5) is 4.39 Å². The molecule has 0 amide bonds. The van der Waals surface area contributed by atoms with Crippen molar-refractivity contribution in [3.8, 4) is 10.4 Å². The fourth-order valence-corrected chi connectivity index (χ4v) is 4.83. The molecule has 1 aromatic heterocycles. The van der Waals surface area contributed by atoms with Crippen molar-refractivity contribution in [2.75, 3.05) is 6.61 Å². The highest BCUT2D eigenvalue weighted by molar-refractivity contribution is 7.15. The Bertz CT molecular complexity index is 932. The van der Waals surface area contributed by atoms with Gasteiger partial charge in [-0.1, -0.05) is 30.3 Å². The zero-order valence-electron chi connectivity index (χ0n) is 16.0. The summed E-state index contributed by atoms with van der Waals surface area (Å²) in [5, 5.41) is 9.42. The Balaban J connectivity index is 1.52. The van der Waals surface area contributed by atoms with Crippen molar-refractivity contribution in [2.24, 2.45) is 0 Å². The van der Waals surface area contributed by atoms with Gasteiger partial charge in [-0.3, -0.25) is 0 Å². The third-order valence-electron chi connectivity index (χ3n) is 5.45. The first-order chi connectivity index (χ1) is 13.6. The summed E-state index contributed by atoms with van der Waals surface area (Å²) in [7, 11) is 0. The molecule has 0 spiro atoms. The van der Waals surface area contributed by atoms with Gasteiger partial charge in [0, 0.05) is 16.2 Å². The second kappa shape index (κ2) is 8.56. The Hall–Kier alpha value is -2.01. The minimum absolute atomic E-state index is 0.0425. The van der Waals surface area contributed by atoms with Crippen molar-refractivity contribution in [2.45, 2.75) is 44.8 Å². The van der Waals surface area contributed by atoms with Crippen molar-refractivity contribution in [3.63, 3.8) is 0 Å². The number of hydrogen-bond donors (Lipinski definition) is 1. The van der Waals surface area contributed by atoms with E-state index in [-0.39, 0.29) is 24.6 Å². The van der Waals surface area contributed by atoms with Crippen molar-refractivity contribution in [1.82, 2.24) is 0 Å². The molecule has 3 aromatic rings. The van der Waals surface area contributed by atoms with Gasteiger partial charge in [0.05, 0.1) is 18.8 Å². The van der Waals surface area contributed by atoms with Crippen LogP contribution >= 0.6 is 11.3 Å². The van der Waals surface area contributed by atoms with E-state index in [1.165, 1.54) is 33.7 Å². The van der Waals surface area contributed by atoms with E-state index in [1.54, 1.807) is 11.3 Å². The third kappa shape index (κ3) is 4.35. The second-order valence-electron chi connectivity index (χ2n) is 7.50. The quantitative estimate of drug-likeness (QED) is 0.568. The predicted octanol–water partition coefficient (Wildman–Crippen LogP) is 6.06. The molecular formula is C24H25FO2S. The summed E-state index contributed by atoms with van der Waals surface area (Å²) in [6.07, 6.45) is 3.94. The number of thiophene rings is 1. The Kier molecular flexibility index (Phi) is 5.90. The Labute approximate surface area is 169 Å². The first kappa shape index (κ1) is 19.3. The van der Waals surface area contributed by atoms with Crippen molar-refractivity contribution < 1.29 is 14.2 Å². The highest BCUT2D eigenvalue weighted by Crippen LogP contribution is 2.34. The molecule has 2 aromatic carbocycles. The van der Waals surface area contributed by atoms with E-state index in [2.05, 4.69) is 37.3 Å². The largest absolute Gasteiger partial charge is 0.394 e. The number of ether oxygens (including phenoxy) is 1. The second-order valence-corrected chi connectivity index (χ2v) is 8.66. The van der Waals surface area contributed by atoms with Crippen molar-refractivity contribution >= 4 is 11.3 Å². The average Bonchev–Trinajstić information content (AvgIpc) is 3.19. The normalized spacial score (nSPS) is 19.7. The van der Waals surface area contributed by atoms with Crippen LogP contribution in [0.5, 0.6) is 0 Å². The van der Waals surface area contributed by atoms with E-state index in [4.69, 9.17) is 4.74 Å². The molecule has 1 aliphatic rings. The standard InChI is InChI=1S/C24H25FO2S/c1-16-5-6-18(23-4-2-3-21(15-26)27-23)13-19(16)14-22-11-12-24(28-22)17-7-9-20(25)10-8-17/h5-13,21,23,26H,2-4,14-15H2,1H3/t21?,23-/m0/s1. The summed E-state index contributed by atoms with van der Waals surface area (Å²) < 4.78 is 19.2. The van der Waals surface area contributed by atoms with Gasteiger partial charge in [-0.05, 0) is 72.7 Å². The summed E-state index contributed by atoms with van der Waals surface area (Å²) in [6.45, 7) is 2.24. The number of halogens is 1. The van der Waals surface area contributed by atoms with Crippen LogP contribution in [0.1, 0.15) is 46.9 Å². The zero-order chi connectivity index (χ0) is 19.5. The smallest absolute Gasteiger partial charge is 0.123 e. The van der Waals surface area contributed by atoms with Crippen LogP contribution in [0.25, 0.3) is 10.4 Å². The molecule has 0 saturated carbocycles. The Morgan fingerprint density at radius 3 is 2.68 bits per heavy atom. The summed E-state index contributed by atoms with van der Waals surface area (Å²) in [5.74, 6) is -0.207. The third-order valence-corrected chi connectivity index (χ3v) is 6.59. The lowest BCUT2D eigenvalue weighted by molar-refractivity contribution is -0.0737. The van der Waals surface area contributed by atoms with Crippen LogP contribution in [-0.4, -0.2) is 17.8 Å². The molecule has 1 N–H and O–H groups in total. The predicted molar refractivity (Wildman–Crippen MR) is 112 cm³/mol. The van der Waals surface area contributed by atoms with Crippen LogP contribution < -0.4 is 0 Å². The number of aliphatic hydroxyl groups excluding tert-OH is 1. The van der Waals surface area contributed by atoms with Crippen LogP contribution in [0.2, 0.25) is 0 Å². The summed E-state index contributed by atoms with van der Waals surface area (Å²) in [5.41, 5.74) is 4.83. The lowest BCUT2D eigenvalue weighted by atomic mass is 9.94. The first-order valence-electron chi connectivity index (χ1n) is 9.83. The SMILES string of the molecule is Cc1ccc([C@@H]2CCCC(CO)O2)cc1Cc1ccc(-c2ccc(F)cc2)s1. The number of rotatable bonds is 5. The Morgan fingerprint density at radius 1 is 1.07 bits per heavy atom. The maximum absolute atomic E-state index is 13.2. The van der Waals surface area contributed by atoms with E-state index in [9.17, 15) is 9.50 Å². The van der Waals surface area contributed by atoms with Crippen LogP contribution in [-0.2, 0) is 11.2 Å². The number of aryl methyl sites for hydroxylation is 1. The molecule has 0 bridgehead atoms. The van der Waals surface area contributed by atoms with Crippen LogP contribution in [0.3, 0.4) is 0 Å². The molecule has 1 unspecified atom stereocenters.